The van der Waals surface area contributed by atoms with Gasteiger partial charge in [-0.2, -0.15) is 15.2 Å². The van der Waals surface area contributed by atoms with E-state index in [0.717, 1.165) is 28.0 Å². The minimum atomic E-state index is -0.782. The lowest BCUT2D eigenvalue weighted by atomic mass is 9.79. The topological polar surface area (TPSA) is 65.3 Å². The Kier molecular flexibility index (Phi) is 6.93. The van der Waals surface area contributed by atoms with Crippen LogP contribution in [-0.2, 0) is 9.59 Å². The molecule has 2 unspecified atom stereocenters. The van der Waals surface area contributed by atoms with E-state index < -0.39 is 11.8 Å². The highest BCUT2D eigenvalue weighted by molar-refractivity contribution is 6.25. The van der Waals surface area contributed by atoms with E-state index in [0.29, 0.717) is 23.5 Å². The maximum Gasteiger partial charge on any atom is 0.257 e. The summed E-state index contributed by atoms with van der Waals surface area (Å²) >= 11 is 0. The molecule has 0 bridgehead atoms. The molecule has 208 valence electrons. The van der Waals surface area contributed by atoms with Crippen LogP contribution < -0.4 is 10.0 Å². The molecule has 0 N–H and O–H groups in total. The number of hydrogen-bond donors (Lipinski definition) is 0. The van der Waals surface area contributed by atoms with E-state index in [1.54, 1.807) is 0 Å². The monoisotopic (exact) mass is 560 g/mol. The molecule has 2 atom stereocenters. The number of hydrazone groups is 2. The standard InChI is InChI=1S/C37H28N4O2/c42-36-32(34-35(29-15-7-2-8-16-29)39-41(37(34)43)31-19-11-4-12-20-31)25-33(38-40(36)30-17-9-3-10-18-30)28-23-21-27(22-24-28)26-13-5-1-6-14-26/h1-24,32,34H,25H2. The highest BCUT2D eigenvalue weighted by Gasteiger charge is 2.48. The minimum absolute atomic E-state index is 0.225. The van der Waals surface area contributed by atoms with Crippen molar-refractivity contribution in [2.45, 2.75) is 6.42 Å². The second-order valence-electron chi connectivity index (χ2n) is 10.6. The first-order chi connectivity index (χ1) is 21.2. The zero-order chi connectivity index (χ0) is 29.2. The van der Waals surface area contributed by atoms with E-state index >= 15 is 0 Å². The number of benzene rings is 5. The largest absolute Gasteiger partial charge is 0.272 e. The van der Waals surface area contributed by atoms with Crippen LogP contribution in [0, 0.1) is 11.8 Å². The van der Waals surface area contributed by atoms with Crippen molar-refractivity contribution in [3.63, 3.8) is 0 Å². The fourth-order valence-corrected chi connectivity index (χ4v) is 5.77. The van der Waals surface area contributed by atoms with Crippen LogP contribution in [0.3, 0.4) is 0 Å². The summed E-state index contributed by atoms with van der Waals surface area (Å²) in [5.41, 5.74) is 6.58. The number of hydrogen-bond acceptors (Lipinski definition) is 4. The molecular formula is C37H28N4O2. The third-order valence-electron chi connectivity index (χ3n) is 7.94. The van der Waals surface area contributed by atoms with E-state index in [2.05, 4.69) is 24.3 Å². The van der Waals surface area contributed by atoms with Gasteiger partial charge in [0.15, 0.2) is 0 Å². The fourth-order valence-electron chi connectivity index (χ4n) is 5.77. The molecule has 2 amide bonds. The number of anilines is 2. The molecule has 5 aromatic rings. The quantitative estimate of drug-likeness (QED) is 0.221. The van der Waals surface area contributed by atoms with Gasteiger partial charge in [0, 0.05) is 6.42 Å². The van der Waals surface area contributed by atoms with E-state index in [4.69, 9.17) is 10.2 Å². The molecule has 0 aliphatic carbocycles. The van der Waals surface area contributed by atoms with Crippen molar-refractivity contribution < 1.29 is 9.59 Å². The Bertz CT molecular complexity index is 1820. The summed E-state index contributed by atoms with van der Waals surface area (Å²) in [6.45, 7) is 0. The molecule has 0 spiro atoms. The molecule has 6 nitrogen and oxygen atoms in total. The van der Waals surface area contributed by atoms with E-state index in [1.807, 2.05) is 121 Å². The lowest BCUT2D eigenvalue weighted by Gasteiger charge is -2.32. The summed E-state index contributed by atoms with van der Waals surface area (Å²) in [5, 5.41) is 12.6. The van der Waals surface area contributed by atoms with Crippen molar-refractivity contribution >= 4 is 34.6 Å². The van der Waals surface area contributed by atoms with Crippen molar-refractivity contribution in [3.8, 4) is 11.1 Å². The number of rotatable bonds is 6. The third-order valence-corrected chi connectivity index (χ3v) is 7.94. The number of nitrogens with zero attached hydrogens (tertiary/aromatic N) is 4. The molecule has 0 fully saturated rings. The molecule has 2 heterocycles. The summed E-state index contributed by atoms with van der Waals surface area (Å²) in [5.74, 6) is -1.94. The smallest absolute Gasteiger partial charge is 0.257 e. The summed E-state index contributed by atoms with van der Waals surface area (Å²) in [6, 6.07) is 46.8. The van der Waals surface area contributed by atoms with Gasteiger partial charge in [0.05, 0.1) is 34.6 Å². The van der Waals surface area contributed by atoms with Crippen molar-refractivity contribution in [1.82, 2.24) is 0 Å². The Labute approximate surface area is 250 Å². The van der Waals surface area contributed by atoms with Crippen molar-refractivity contribution in [1.29, 1.82) is 0 Å². The van der Waals surface area contributed by atoms with Gasteiger partial charge in [0.1, 0.15) is 0 Å². The first-order valence-corrected chi connectivity index (χ1v) is 14.3. The Balaban J connectivity index is 1.31. The second-order valence-corrected chi connectivity index (χ2v) is 10.6. The molecule has 2 aliphatic rings. The van der Waals surface area contributed by atoms with Crippen LogP contribution in [0.25, 0.3) is 11.1 Å². The molecule has 2 aliphatic heterocycles. The molecule has 43 heavy (non-hydrogen) atoms. The molecule has 0 aromatic heterocycles. The van der Waals surface area contributed by atoms with E-state index in [1.165, 1.54) is 10.0 Å². The van der Waals surface area contributed by atoms with Gasteiger partial charge in [0.25, 0.3) is 11.8 Å². The molecule has 0 saturated heterocycles. The Hall–Kier alpha value is -5.62. The Morgan fingerprint density at radius 1 is 0.465 bits per heavy atom. The van der Waals surface area contributed by atoms with Crippen molar-refractivity contribution in [2.75, 3.05) is 10.0 Å². The summed E-state index contributed by atoms with van der Waals surface area (Å²) in [7, 11) is 0. The van der Waals surface area contributed by atoms with Crippen LogP contribution >= 0.6 is 0 Å². The van der Waals surface area contributed by atoms with Gasteiger partial charge in [-0.15, -0.1) is 0 Å². The Morgan fingerprint density at radius 3 is 1.47 bits per heavy atom. The van der Waals surface area contributed by atoms with E-state index in [-0.39, 0.29) is 11.8 Å². The van der Waals surface area contributed by atoms with Crippen LogP contribution in [0.1, 0.15) is 17.5 Å². The fraction of sp³-hybridized carbons (Fsp3) is 0.0811. The Morgan fingerprint density at radius 2 is 0.907 bits per heavy atom. The van der Waals surface area contributed by atoms with Crippen LogP contribution in [0.2, 0.25) is 0 Å². The third kappa shape index (κ3) is 5.04. The highest BCUT2D eigenvalue weighted by Crippen LogP contribution is 2.37. The molecule has 6 heteroatoms. The van der Waals surface area contributed by atoms with Gasteiger partial charge >= 0.3 is 0 Å². The summed E-state index contributed by atoms with van der Waals surface area (Å²) in [4.78, 5) is 28.5. The summed E-state index contributed by atoms with van der Waals surface area (Å²) in [6.07, 6.45) is 0.303. The van der Waals surface area contributed by atoms with Gasteiger partial charge in [-0.25, -0.2) is 5.01 Å². The van der Waals surface area contributed by atoms with Gasteiger partial charge in [-0.05, 0) is 46.5 Å². The summed E-state index contributed by atoms with van der Waals surface area (Å²) < 4.78 is 0. The lowest BCUT2D eigenvalue weighted by molar-refractivity contribution is -0.129. The van der Waals surface area contributed by atoms with Gasteiger partial charge in [0.2, 0.25) is 0 Å². The van der Waals surface area contributed by atoms with Crippen molar-refractivity contribution in [2.24, 2.45) is 22.0 Å². The molecular weight excluding hydrogens is 532 g/mol. The second kappa shape index (κ2) is 11.3. The number of carbonyl (C=O) groups is 2. The maximum atomic E-state index is 14.3. The zero-order valence-corrected chi connectivity index (χ0v) is 23.3. The average Bonchev–Trinajstić information content (AvgIpc) is 3.43. The normalized spacial score (nSPS) is 18.4. The average molecular weight is 561 g/mol. The van der Waals surface area contributed by atoms with Crippen molar-refractivity contribution in [3.05, 3.63) is 157 Å². The van der Waals surface area contributed by atoms with Gasteiger partial charge in [-0.1, -0.05) is 121 Å². The SMILES string of the molecule is O=C1C(C2C(=O)N(c3ccccc3)N=C2c2ccccc2)CC(c2ccc(-c3ccccc3)cc2)=NN1c1ccccc1. The maximum absolute atomic E-state index is 14.3. The van der Waals surface area contributed by atoms with Gasteiger partial charge in [-0.3, -0.25) is 9.59 Å². The highest BCUT2D eigenvalue weighted by atomic mass is 16.2. The number of carbonyl (C=O) groups excluding carboxylic acids is 2. The van der Waals surface area contributed by atoms with Crippen LogP contribution in [0.5, 0.6) is 0 Å². The number of amides is 2. The first kappa shape index (κ1) is 26.3. The lowest BCUT2D eigenvalue weighted by Crippen LogP contribution is -2.46. The first-order valence-electron chi connectivity index (χ1n) is 14.3. The minimum Gasteiger partial charge on any atom is -0.272 e. The van der Waals surface area contributed by atoms with E-state index in [9.17, 15) is 9.59 Å². The predicted molar refractivity (Wildman–Crippen MR) is 171 cm³/mol. The van der Waals surface area contributed by atoms with Crippen LogP contribution in [0.15, 0.2) is 156 Å². The zero-order valence-electron chi connectivity index (χ0n) is 23.3. The van der Waals surface area contributed by atoms with Crippen LogP contribution in [-0.4, -0.2) is 23.2 Å². The molecule has 7 rings (SSSR count). The van der Waals surface area contributed by atoms with Crippen LogP contribution in [0.4, 0.5) is 11.4 Å². The predicted octanol–water partition coefficient (Wildman–Crippen LogP) is 7.18. The van der Waals surface area contributed by atoms with Gasteiger partial charge < -0.3 is 0 Å². The number of para-hydroxylation sites is 2. The molecule has 0 saturated carbocycles. The molecule has 5 aromatic carbocycles. The molecule has 0 radical (unpaired) electrons.